The van der Waals surface area contributed by atoms with Gasteiger partial charge in [0.05, 0.1) is 18.7 Å². The second-order valence-electron chi connectivity index (χ2n) is 4.67. The molecule has 0 spiro atoms. The smallest absolute Gasteiger partial charge is 0.175 e. The summed E-state index contributed by atoms with van der Waals surface area (Å²) in [7, 11) is 3.34. The van der Waals surface area contributed by atoms with Gasteiger partial charge in [-0.3, -0.25) is 0 Å². The highest BCUT2D eigenvalue weighted by molar-refractivity contribution is 9.10. The van der Waals surface area contributed by atoms with Crippen molar-refractivity contribution in [2.75, 3.05) is 27.3 Å². The standard InChI is InChI=1S/C14H20BrNO2/c1-17-12-4-3-11(13(15)14(12)18-2)9-10-5-7-16-8-6-10/h3-4,10,16H,5-9H2,1-2H3. The molecule has 0 unspecified atom stereocenters. The maximum atomic E-state index is 5.41. The van der Waals surface area contributed by atoms with Gasteiger partial charge in [-0.15, -0.1) is 0 Å². The Bertz CT molecular complexity index is 403. The number of ether oxygens (including phenoxy) is 2. The monoisotopic (exact) mass is 313 g/mol. The van der Waals surface area contributed by atoms with Crippen LogP contribution in [0.25, 0.3) is 0 Å². The van der Waals surface area contributed by atoms with Crippen molar-refractivity contribution in [1.29, 1.82) is 0 Å². The van der Waals surface area contributed by atoms with Crippen LogP contribution in [0.4, 0.5) is 0 Å². The van der Waals surface area contributed by atoms with Crippen LogP contribution in [0.3, 0.4) is 0 Å². The number of piperidine rings is 1. The molecule has 0 amide bonds. The van der Waals surface area contributed by atoms with E-state index in [0.717, 1.165) is 41.4 Å². The number of halogens is 1. The molecule has 1 aromatic carbocycles. The molecule has 1 heterocycles. The van der Waals surface area contributed by atoms with E-state index in [4.69, 9.17) is 9.47 Å². The molecule has 0 radical (unpaired) electrons. The Hall–Kier alpha value is -0.740. The van der Waals surface area contributed by atoms with Crippen LogP contribution in [0.1, 0.15) is 18.4 Å². The van der Waals surface area contributed by atoms with E-state index in [1.165, 1.54) is 18.4 Å². The number of hydrogen-bond donors (Lipinski definition) is 1. The number of methoxy groups -OCH3 is 2. The molecule has 100 valence electrons. The van der Waals surface area contributed by atoms with Crippen LogP contribution in [0.5, 0.6) is 11.5 Å². The van der Waals surface area contributed by atoms with Gasteiger partial charge in [0.2, 0.25) is 0 Å². The third-order valence-electron chi connectivity index (χ3n) is 3.53. The van der Waals surface area contributed by atoms with Crippen LogP contribution >= 0.6 is 15.9 Å². The first-order chi connectivity index (χ1) is 8.76. The predicted molar refractivity (Wildman–Crippen MR) is 76.5 cm³/mol. The quantitative estimate of drug-likeness (QED) is 0.927. The molecule has 1 aliphatic heterocycles. The van der Waals surface area contributed by atoms with Gasteiger partial charge in [0.25, 0.3) is 0 Å². The second kappa shape index (κ2) is 6.43. The third kappa shape index (κ3) is 2.98. The summed E-state index contributed by atoms with van der Waals surface area (Å²) in [4.78, 5) is 0. The highest BCUT2D eigenvalue weighted by atomic mass is 79.9. The minimum absolute atomic E-state index is 0.764. The number of nitrogens with one attached hydrogen (secondary N) is 1. The van der Waals surface area contributed by atoms with Crippen molar-refractivity contribution < 1.29 is 9.47 Å². The minimum atomic E-state index is 0.764. The summed E-state index contributed by atoms with van der Waals surface area (Å²) in [6, 6.07) is 4.12. The van der Waals surface area contributed by atoms with Crippen LogP contribution in [0.15, 0.2) is 16.6 Å². The molecular weight excluding hydrogens is 294 g/mol. The fourth-order valence-electron chi connectivity index (χ4n) is 2.48. The summed E-state index contributed by atoms with van der Waals surface area (Å²) in [5.41, 5.74) is 1.31. The summed E-state index contributed by atoms with van der Waals surface area (Å²) in [5, 5.41) is 3.40. The van der Waals surface area contributed by atoms with Gasteiger partial charge in [-0.25, -0.2) is 0 Å². The van der Waals surface area contributed by atoms with Gasteiger partial charge in [0.1, 0.15) is 0 Å². The van der Waals surface area contributed by atoms with Gasteiger partial charge in [-0.2, -0.15) is 0 Å². The number of hydrogen-bond acceptors (Lipinski definition) is 3. The molecule has 0 bridgehead atoms. The van der Waals surface area contributed by atoms with E-state index in [2.05, 4.69) is 27.3 Å². The normalized spacial score (nSPS) is 16.6. The summed E-state index contributed by atoms with van der Waals surface area (Å²) >= 11 is 3.64. The van der Waals surface area contributed by atoms with Crippen LogP contribution in [0, 0.1) is 5.92 Å². The highest BCUT2D eigenvalue weighted by Gasteiger charge is 2.18. The maximum absolute atomic E-state index is 5.41. The molecule has 2 rings (SSSR count). The van der Waals surface area contributed by atoms with Crippen LogP contribution in [-0.2, 0) is 6.42 Å². The Morgan fingerprint density at radius 2 is 1.94 bits per heavy atom. The van der Waals surface area contributed by atoms with Crippen molar-refractivity contribution in [3.63, 3.8) is 0 Å². The molecule has 0 aromatic heterocycles. The average molecular weight is 314 g/mol. The molecule has 1 aromatic rings. The van der Waals surface area contributed by atoms with Gasteiger partial charge in [0, 0.05) is 0 Å². The second-order valence-corrected chi connectivity index (χ2v) is 5.46. The minimum Gasteiger partial charge on any atom is -0.493 e. The molecule has 0 saturated carbocycles. The summed E-state index contributed by atoms with van der Waals surface area (Å²) < 4.78 is 11.7. The van der Waals surface area contributed by atoms with Crippen molar-refractivity contribution in [2.45, 2.75) is 19.3 Å². The first-order valence-corrected chi connectivity index (χ1v) is 7.15. The summed E-state index contributed by atoms with van der Waals surface area (Å²) in [6.07, 6.45) is 3.60. The van der Waals surface area contributed by atoms with Gasteiger partial charge in [-0.1, -0.05) is 6.07 Å². The fourth-order valence-corrected chi connectivity index (χ4v) is 3.14. The highest BCUT2D eigenvalue weighted by Crippen LogP contribution is 2.38. The summed E-state index contributed by atoms with van der Waals surface area (Å²) in [6.45, 7) is 2.27. The van der Waals surface area contributed by atoms with Crippen LogP contribution in [-0.4, -0.2) is 27.3 Å². The Morgan fingerprint density at radius 3 is 2.56 bits per heavy atom. The lowest BCUT2D eigenvalue weighted by atomic mass is 9.91. The van der Waals surface area contributed by atoms with Crippen LogP contribution < -0.4 is 14.8 Å². The molecule has 4 heteroatoms. The van der Waals surface area contributed by atoms with Crippen LogP contribution in [0.2, 0.25) is 0 Å². The van der Waals surface area contributed by atoms with Gasteiger partial charge >= 0.3 is 0 Å². The SMILES string of the molecule is COc1ccc(CC2CCNCC2)c(Br)c1OC. The summed E-state index contributed by atoms with van der Waals surface area (Å²) in [5.74, 6) is 2.34. The number of rotatable bonds is 4. The van der Waals surface area contributed by atoms with E-state index in [1.807, 2.05) is 6.07 Å². The Balaban J connectivity index is 2.17. The van der Waals surface area contributed by atoms with E-state index in [-0.39, 0.29) is 0 Å². The number of benzene rings is 1. The predicted octanol–water partition coefficient (Wildman–Crippen LogP) is 3.01. The molecule has 0 aliphatic carbocycles. The van der Waals surface area contributed by atoms with Gasteiger partial charge < -0.3 is 14.8 Å². The van der Waals surface area contributed by atoms with E-state index in [0.29, 0.717) is 0 Å². The van der Waals surface area contributed by atoms with Crippen molar-refractivity contribution in [3.05, 3.63) is 22.2 Å². The lowest BCUT2D eigenvalue weighted by molar-refractivity contribution is 0.349. The molecular formula is C14H20BrNO2. The largest absolute Gasteiger partial charge is 0.493 e. The first kappa shape index (κ1) is 13.7. The lowest BCUT2D eigenvalue weighted by Gasteiger charge is -2.23. The maximum Gasteiger partial charge on any atom is 0.175 e. The molecule has 1 fully saturated rings. The molecule has 1 N–H and O–H groups in total. The van der Waals surface area contributed by atoms with E-state index in [1.54, 1.807) is 14.2 Å². The van der Waals surface area contributed by atoms with Crippen molar-refractivity contribution in [1.82, 2.24) is 5.32 Å². The molecule has 0 atom stereocenters. The topological polar surface area (TPSA) is 30.5 Å². The Morgan fingerprint density at radius 1 is 1.22 bits per heavy atom. The Labute approximate surface area is 117 Å². The Kier molecular flexibility index (Phi) is 4.89. The zero-order chi connectivity index (χ0) is 13.0. The molecule has 1 aliphatic rings. The van der Waals surface area contributed by atoms with Gasteiger partial charge in [-0.05, 0) is 65.8 Å². The van der Waals surface area contributed by atoms with E-state index >= 15 is 0 Å². The van der Waals surface area contributed by atoms with E-state index in [9.17, 15) is 0 Å². The van der Waals surface area contributed by atoms with Crippen molar-refractivity contribution in [3.8, 4) is 11.5 Å². The van der Waals surface area contributed by atoms with Crippen molar-refractivity contribution >= 4 is 15.9 Å². The van der Waals surface area contributed by atoms with Crippen molar-refractivity contribution in [2.24, 2.45) is 5.92 Å². The van der Waals surface area contributed by atoms with Gasteiger partial charge in [0.15, 0.2) is 11.5 Å². The van der Waals surface area contributed by atoms with E-state index < -0.39 is 0 Å². The molecule has 3 nitrogen and oxygen atoms in total. The fraction of sp³-hybridized carbons (Fsp3) is 0.571. The lowest BCUT2D eigenvalue weighted by Crippen LogP contribution is -2.28. The zero-order valence-electron chi connectivity index (χ0n) is 11.0. The third-order valence-corrected chi connectivity index (χ3v) is 4.40. The molecule has 18 heavy (non-hydrogen) atoms. The zero-order valence-corrected chi connectivity index (χ0v) is 12.5. The molecule has 1 saturated heterocycles. The average Bonchev–Trinajstić information content (AvgIpc) is 2.42. The first-order valence-electron chi connectivity index (χ1n) is 6.36.